The first-order valence-electron chi connectivity index (χ1n) is 7.39. The van der Waals surface area contributed by atoms with Crippen molar-refractivity contribution in [3.8, 4) is 0 Å². The van der Waals surface area contributed by atoms with Crippen LogP contribution >= 0.6 is 36.2 Å². The summed E-state index contributed by atoms with van der Waals surface area (Å²) in [5, 5.41) is 4.13. The van der Waals surface area contributed by atoms with Crippen molar-refractivity contribution < 1.29 is 4.79 Å². The van der Waals surface area contributed by atoms with Crippen LogP contribution in [0.4, 0.5) is 0 Å². The lowest BCUT2D eigenvalue weighted by Gasteiger charge is -2.37. The van der Waals surface area contributed by atoms with E-state index in [-0.39, 0.29) is 42.2 Å². The lowest BCUT2D eigenvalue weighted by molar-refractivity contribution is -0.128. The number of hydrogen-bond acceptors (Lipinski definition) is 4. The maximum Gasteiger partial charge on any atom is 0.224 e. The minimum Gasteiger partial charge on any atom is -0.355 e. The fourth-order valence-electron chi connectivity index (χ4n) is 2.85. The van der Waals surface area contributed by atoms with Crippen LogP contribution in [0, 0.1) is 19.8 Å². The molecule has 0 saturated heterocycles. The Morgan fingerprint density at radius 2 is 2.09 bits per heavy atom. The van der Waals surface area contributed by atoms with Gasteiger partial charge in [0.15, 0.2) is 0 Å². The third-order valence-corrected chi connectivity index (χ3v) is 5.41. The van der Waals surface area contributed by atoms with E-state index in [4.69, 9.17) is 5.73 Å². The van der Waals surface area contributed by atoms with Crippen LogP contribution in [0.1, 0.15) is 48.2 Å². The summed E-state index contributed by atoms with van der Waals surface area (Å²) in [5.74, 6) is 0.0655. The fourth-order valence-corrected chi connectivity index (χ4v) is 3.78. The van der Waals surface area contributed by atoms with Gasteiger partial charge in [-0.05, 0) is 33.6 Å². The topological polar surface area (TPSA) is 68.0 Å². The van der Waals surface area contributed by atoms with Crippen molar-refractivity contribution in [2.75, 3.05) is 6.54 Å². The Morgan fingerprint density at radius 1 is 1.41 bits per heavy atom. The molecule has 1 aliphatic carbocycles. The number of aromatic nitrogens is 1. The van der Waals surface area contributed by atoms with Crippen molar-refractivity contribution >= 4 is 42.1 Å². The Morgan fingerprint density at radius 3 is 2.64 bits per heavy atom. The van der Waals surface area contributed by atoms with Gasteiger partial charge in [0.05, 0.1) is 16.6 Å². The Hall–Kier alpha value is -0.360. The number of nitrogens with one attached hydrogen (secondary N) is 1. The Balaban J connectivity index is 0.00000220. The average molecular weight is 368 g/mol. The molecule has 0 aromatic carbocycles. The first-order valence-corrected chi connectivity index (χ1v) is 8.21. The molecule has 2 unspecified atom stereocenters. The third-order valence-electron chi connectivity index (χ3n) is 4.28. The smallest absolute Gasteiger partial charge is 0.224 e. The Labute approximate surface area is 149 Å². The summed E-state index contributed by atoms with van der Waals surface area (Å²) in [6.45, 7) is 6.76. The number of carbonyl (C=O) groups is 1. The second-order valence-corrected chi connectivity index (χ2v) is 7.38. The van der Waals surface area contributed by atoms with E-state index in [1.807, 2.05) is 13.8 Å². The van der Waals surface area contributed by atoms with Gasteiger partial charge in [-0.2, -0.15) is 0 Å². The van der Waals surface area contributed by atoms with Gasteiger partial charge in [0.25, 0.3) is 0 Å². The number of thiazole rings is 1. The molecule has 1 saturated carbocycles. The first kappa shape index (κ1) is 21.6. The zero-order valence-corrected chi connectivity index (χ0v) is 15.9. The highest BCUT2D eigenvalue weighted by atomic mass is 35.5. The van der Waals surface area contributed by atoms with Crippen LogP contribution in [-0.2, 0) is 11.2 Å². The molecule has 128 valence electrons. The molecular formula is C15H27Cl2N3OS. The number of nitrogens with zero attached hydrogens (tertiary/aromatic N) is 1. The molecule has 2 rings (SSSR count). The quantitative estimate of drug-likeness (QED) is 0.858. The van der Waals surface area contributed by atoms with Gasteiger partial charge < -0.3 is 11.1 Å². The van der Waals surface area contributed by atoms with Crippen molar-refractivity contribution in [3.05, 3.63) is 15.6 Å². The number of rotatable bonds is 4. The second-order valence-electron chi connectivity index (χ2n) is 6.09. The molecule has 1 amide bonds. The van der Waals surface area contributed by atoms with E-state index < -0.39 is 0 Å². The summed E-state index contributed by atoms with van der Waals surface area (Å²) in [7, 11) is 0. The monoisotopic (exact) mass is 367 g/mol. The zero-order chi connectivity index (χ0) is 14.8. The Kier molecular flexibility index (Phi) is 8.91. The standard InChI is InChI=1S/C15H25N3OS.2ClH/c1-10-11(2)20-13(18-10)7-9-17-14(19)12-6-4-5-8-15(12,3)16;;/h12H,4-9,16H2,1-3H3,(H,17,19);2*1H. The van der Waals surface area contributed by atoms with Gasteiger partial charge >= 0.3 is 0 Å². The minimum atomic E-state index is -0.351. The van der Waals surface area contributed by atoms with Gasteiger partial charge in [-0.15, -0.1) is 36.2 Å². The van der Waals surface area contributed by atoms with Crippen molar-refractivity contribution in [2.24, 2.45) is 11.7 Å². The average Bonchev–Trinajstić information content (AvgIpc) is 2.68. The predicted octanol–water partition coefficient (Wildman–Crippen LogP) is 3.17. The number of hydrogen-bond donors (Lipinski definition) is 2. The van der Waals surface area contributed by atoms with Crippen LogP contribution in [0.15, 0.2) is 0 Å². The van der Waals surface area contributed by atoms with Crippen LogP contribution in [0.3, 0.4) is 0 Å². The highest BCUT2D eigenvalue weighted by Crippen LogP contribution is 2.31. The third kappa shape index (κ3) is 5.37. The van der Waals surface area contributed by atoms with Crippen LogP contribution in [0.2, 0.25) is 0 Å². The molecular weight excluding hydrogens is 341 g/mol. The molecule has 22 heavy (non-hydrogen) atoms. The summed E-state index contributed by atoms with van der Waals surface area (Å²) in [5.41, 5.74) is 7.00. The molecule has 1 heterocycles. The van der Waals surface area contributed by atoms with E-state index in [0.717, 1.165) is 42.8 Å². The number of halogens is 2. The van der Waals surface area contributed by atoms with Crippen LogP contribution in [-0.4, -0.2) is 23.0 Å². The summed E-state index contributed by atoms with van der Waals surface area (Å²) in [4.78, 5) is 18.0. The molecule has 0 bridgehead atoms. The normalized spacial score (nSPS) is 24.1. The SMILES string of the molecule is Cc1nc(CCNC(=O)C2CCCCC2(C)N)sc1C.Cl.Cl. The van der Waals surface area contributed by atoms with Gasteiger partial charge in [-0.25, -0.2) is 4.98 Å². The molecule has 0 radical (unpaired) electrons. The van der Waals surface area contributed by atoms with Crippen LogP contribution in [0.25, 0.3) is 0 Å². The fraction of sp³-hybridized carbons (Fsp3) is 0.733. The van der Waals surface area contributed by atoms with Gasteiger partial charge in [-0.3, -0.25) is 4.79 Å². The van der Waals surface area contributed by atoms with E-state index in [1.54, 1.807) is 11.3 Å². The lowest BCUT2D eigenvalue weighted by Crippen LogP contribution is -2.53. The lowest BCUT2D eigenvalue weighted by atomic mass is 9.74. The number of nitrogens with two attached hydrogens (primary N) is 1. The van der Waals surface area contributed by atoms with Gasteiger partial charge in [0.1, 0.15) is 0 Å². The van der Waals surface area contributed by atoms with Crippen LogP contribution in [0.5, 0.6) is 0 Å². The Bertz CT molecular complexity index is 472. The van der Waals surface area contributed by atoms with Crippen molar-refractivity contribution in [1.82, 2.24) is 10.3 Å². The molecule has 3 N–H and O–H groups in total. The molecule has 2 atom stereocenters. The van der Waals surface area contributed by atoms with E-state index in [9.17, 15) is 4.79 Å². The maximum absolute atomic E-state index is 12.3. The van der Waals surface area contributed by atoms with Gasteiger partial charge in [0.2, 0.25) is 5.91 Å². The largest absolute Gasteiger partial charge is 0.355 e. The molecule has 1 aliphatic rings. The molecule has 0 spiro atoms. The first-order chi connectivity index (χ1) is 9.40. The van der Waals surface area contributed by atoms with Gasteiger partial charge in [0, 0.05) is 23.4 Å². The van der Waals surface area contributed by atoms with E-state index in [1.165, 1.54) is 4.88 Å². The molecule has 1 aromatic rings. The van der Waals surface area contributed by atoms with Crippen molar-refractivity contribution in [1.29, 1.82) is 0 Å². The molecule has 1 fully saturated rings. The summed E-state index contributed by atoms with van der Waals surface area (Å²) >= 11 is 1.71. The maximum atomic E-state index is 12.3. The molecule has 1 aromatic heterocycles. The number of aryl methyl sites for hydroxylation is 2. The number of amides is 1. The summed E-state index contributed by atoms with van der Waals surface area (Å²) in [6, 6.07) is 0. The zero-order valence-electron chi connectivity index (χ0n) is 13.5. The molecule has 7 heteroatoms. The minimum absolute atomic E-state index is 0. The summed E-state index contributed by atoms with van der Waals surface area (Å²) in [6.07, 6.45) is 4.90. The molecule has 0 aliphatic heterocycles. The second kappa shape index (κ2) is 9.06. The summed E-state index contributed by atoms with van der Waals surface area (Å²) < 4.78 is 0. The van der Waals surface area contributed by atoms with E-state index in [0.29, 0.717) is 6.54 Å². The highest BCUT2D eigenvalue weighted by Gasteiger charge is 2.37. The van der Waals surface area contributed by atoms with Crippen molar-refractivity contribution in [3.63, 3.8) is 0 Å². The number of carbonyl (C=O) groups excluding carboxylic acids is 1. The van der Waals surface area contributed by atoms with Crippen molar-refractivity contribution in [2.45, 2.75) is 58.4 Å². The van der Waals surface area contributed by atoms with Crippen LogP contribution < -0.4 is 11.1 Å². The van der Waals surface area contributed by atoms with E-state index >= 15 is 0 Å². The molecule has 4 nitrogen and oxygen atoms in total. The van der Waals surface area contributed by atoms with Gasteiger partial charge in [-0.1, -0.05) is 12.8 Å². The van der Waals surface area contributed by atoms with E-state index in [2.05, 4.69) is 17.2 Å². The predicted molar refractivity (Wildman–Crippen MR) is 97.3 cm³/mol. The highest BCUT2D eigenvalue weighted by molar-refractivity contribution is 7.11.